The van der Waals surface area contributed by atoms with Crippen LogP contribution in [0.2, 0.25) is 0 Å². The van der Waals surface area contributed by atoms with Crippen molar-refractivity contribution in [1.82, 2.24) is 9.62 Å². The molecule has 2 rings (SSSR count). The van der Waals surface area contributed by atoms with Crippen molar-refractivity contribution in [3.8, 4) is 0 Å². The molecule has 0 heterocycles. The molecule has 158 valence electrons. The minimum Gasteiger partial charge on any atom is -0.378 e. The summed E-state index contributed by atoms with van der Waals surface area (Å²) in [4.78, 5) is 14.6. The number of hydrogen-bond acceptors (Lipinski definition) is 4. The van der Waals surface area contributed by atoms with E-state index in [4.69, 9.17) is 0 Å². The average Bonchev–Trinajstić information content (AvgIpc) is 2.72. The molecule has 0 atom stereocenters. The van der Waals surface area contributed by atoms with Gasteiger partial charge >= 0.3 is 0 Å². The van der Waals surface area contributed by atoms with Crippen LogP contribution in [0.15, 0.2) is 53.4 Å². The number of sulfonamides is 1. The van der Waals surface area contributed by atoms with Gasteiger partial charge in [-0.2, -0.15) is 4.31 Å². The molecular formula is C22H31N3O3S. The molecular weight excluding hydrogens is 386 g/mol. The fraction of sp³-hybridized carbons (Fsp3) is 0.409. The van der Waals surface area contributed by atoms with Gasteiger partial charge in [0.2, 0.25) is 10.0 Å². The highest BCUT2D eigenvalue weighted by molar-refractivity contribution is 7.89. The molecule has 0 fully saturated rings. The number of aryl methyl sites for hydroxylation is 1. The zero-order valence-electron chi connectivity index (χ0n) is 17.7. The van der Waals surface area contributed by atoms with Crippen LogP contribution in [0.4, 0.5) is 5.69 Å². The maximum Gasteiger partial charge on any atom is 0.251 e. The van der Waals surface area contributed by atoms with Crippen molar-refractivity contribution in [1.29, 1.82) is 0 Å². The first-order chi connectivity index (χ1) is 13.8. The number of carbonyl (C=O) groups excluding carboxylic acids is 1. The maximum atomic E-state index is 12.5. The lowest BCUT2D eigenvalue weighted by Gasteiger charge is -2.18. The van der Waals surface area contributed by atoms with Gasteiger partial charge in [-0.05, 0) is 54.8 Å². The molecule has 0 aliphatic carbocycles. The lowest BCUT2D eigenvalue weighted by molar-refractivity contribution is 0.0953. The van der Waals surface area contributed by atoms with Crippen LogP contribution in [0, 0.1) is 0 Å². The highest BCUT2D eigenvalue weighted by Crippen LogP contribution is 2.16. The summed E-state index contributed by atoms with van der Waals surface area (Å²) in [5.74, 6) is -0.195. The largest absolute Gasteiger partial charge is 0.378 e. The molecule has 7 heteroatoms. The van der Waals surface area contributed by atoms with Crippen LogP contribution in [-0.2, 0) is 16.4 Å². The second kappa shape index (κ2) is 10.4. The van der Waals surface area contributed by atoms with Crippen molar-refractivity contribution in [3.05, 3.63) is 59.7 Å². The third-order valence-corrected chi connectivity index (χ3v) is 6.90. The van der Waals surface area contributed by atoms with Gasteiger partial charge in [-0.1, -0.05) is 26.0 Å². The molecule has 0 unspecified atom stereocenters. The number of rotatable bonds is 10. The predicted molar refractivity (Wildman–Crippen MR) is 118 cm³/mol. The van der Waals surface area contributed by atoms with E-state index in [1.165, 1.54) is 22.0 Å². The van der Waals surface area contributed by atoms with E-state index in [1.54, 1.807) is 26.0 Å². The van der Waals surface area contributed by atoms with E-state index in [0.29, 0.717) is 25.2 Å². The van der Waals surface area contributed by atoms with Crippen molar-refractivity contribution in [2.45, 2.75) is 31.6 Å². The van der Waals surface area contributed by atoms with Gasteiger partial charge in [-0.15, -0.1) is 0 Å². The number of nitrogens with zero attached hydrogens (tertiary/aromatic N) is 2. The van der Waals surface area contributed by atoms with E-state index in [9.17, 15) is 13.2 Å². The van der Waals surface area contributed by atoms with E-state index in [-0.39, 0.29) is 10.8 Å². The van der Waals surface area contributed by atoms with Crippen LogP contribution in [0.1, 0.15) is 36.2 Å². The minimum atomic E-state index is -3.51. The van der Waals surface area contributed by atoms with Crippen LogP contribution in [0.3, 0.4) is 0 Å². The Balaban J connectivity index is 1.86. The second-order valence-corrected chi connectivity index (χ2v) is 8.97. The molecule has 0 spiro atoms. The van der Waals surface area contributed by atoms with Gasteiger partial charge in [0.15, 0.2) is 0 Å². The molecule has 1 N–H and O–H groups in total. The van der Waals surface area contributed by atoms with Gasteiger partial charge in [-0.3, -0.25) is 4.79 Å². The number of anilines is 1. The van der Waals surface area contributed by atoms with E-state index >= 15 is 0 Å². The zero-order chi connectivity index (χ0) is 21.4. The third kappa shape index (κ3) is 6.05. The summed E-state index contributed by atoms with van der Waals surface area (Å²) in [5, 5.41) is 2.90. The molecule has 0 saturated heterocycles. The molecule has 0 radical (unpaired) electrons. The quantitative estimate of drug-likeness (QED) is 0.603. The normalized spacial score (nSPS) is 11.5. The molecule has 1 amide bonds. The Morgan fingerprint density at radius 1 is 0.931 bits per heavy atom. The fourth-order valence-electron chi connectivity index (χ4n) is 3.05. The number of amides is 1. The smallest absolute Gasteiger partial charge is 0.251 e. The molecule has 0 aromatic heterocycles. The first-order valence-electron chi connectivity index (χ1n) is 9.94. The number of nitrogens with one attached hydrogen (secondary N) is 1. The van der Waals surface area contributed by atoms with E-state index in [1.807, 2.05) is 14.1 Å². The highest BCUT2D eigenvalue weighted by Gasteiger charge is 2.21. The van der Waals surface area contributed by atoms with Crippen molar-refractivity contribution < 1.29 is 13.2 Å². The van der Waals surface area contributed by atoms with Gasteiger partial charge in [0.25, 0.3) is 5.91 Å². The van der Waals surface area contributed by atoms with Crippen LogP contribution >= 0.6 is 0 Å². The van der Waals surface area contributed by atoms with Crippen molar-refractivity contribution in [2.75, 3.05) is 38.6 Å². The van der Waals surface area contributed by atoms with E-state index in [2.05, 4.69) is 34.5 Å². The van der Waals surface area contributed by atoms with Crippen molar-refractivity contribution >= 4 is 21.6 Å². The van der Waals surface area contributed by atoms with Crippen molar-refractivity contribution in [3.63, 3.8) is 0 Å². The average molecular weight is 418 g/mol. The second-order valence-electron chi connectivity index (χ2n) is 7.03. The minimum absolute atomic E-state index is 0.195. The first kappa shape index (κ1) is 22.9. The SMILES string of the molecule is CCN(CC)S(=O)(=O)c1ccc(C(=O)NCCCc2ccc(N(C)C)cc2)cc1. The molecule has 2 aromatic carbocycles. The van der Waals surface area contributed by atoms with Crippen LogP contribution in [0.25, 0.3) is 0 Å². The van der Waals surface area contributed by atoms with Crippen molar-refractivity contribution in [2.24, 2.45) is 0 Å². The zero-order valence-corrected chi connectivity index (χ0v) is 18.5. The Labute approximate surface area is 174 Å². The Morgan fingerprint density at radius 2 is 1.52 bits per heavy atom. The molecule has 0 bridgehead atoms. The molecule has 29 heavy (non-hydrogen) atoms. The third-order valence-electron chi connectivity index (χ3n) is 4.84. The summed E-state index contributed by atoms with van der Waals surface area (Å²) in [5.41, 5.74) is 2.85. The van der Waals surface area contributed by atoms with Crippen LogP contribution in [-0.4, -0.2) is 52.4 Å². The Kier molecular flexibility index (Phi) is 8.22. The lowest BCUT2D eigenvalue weighted by atomic mass is 10.1. The number of benzene rings is 2. The summed E-state index contributed by atoms with van der Waals surface area (Å²) in [6.45, 7) is 5.00. The summed E-state index contributed by atoms with van der Waals surface area (Å²) >= 11 is 0. The van der Waals surface area contributed by atoms with Gasteiger partial charge in [0.05, 0.1) is 4.90 Å². The molecule has 6 nitrogen and oxygen atoms in total. The summed E-state index contributed by atoms with van der Waals surface area (Å²) in [6, 6.07) is 14.5. The van der Waals surface area contributed by atoms with Crippen LogP contribution in [0.5, 0.6) is 0 Å². The van der Waals surface area contributed by atoms with Crippen LogP contribution < -0.4 is 10.2 Å². The highest BCUT2D eigenvalue weighted by atomic mass is 32.2. The van der Waals surface area contributed by atoms with E-state index < -0.39 is 10.0 Å². The Hall–Kier alpha value is -2.38. The van der Waals surface area contributed by atoms with Gasteiger partial charge in [0.1, 0.15) is 0 Å². The summed E-state index contributed by atoms with van der Waals surface area (Å²) in [7, 11) is 0.515. The van der Waals surface area contributed by atoms with E-state index in [0.717, 1.165) is 18.5 Å². The Morgan fingerprint density at radius 3 is 2.03 bits per heavy atom. The van der Waals surface area contributed by atoms with Gasteiger partial charge < -0.3 is 10.2 Å². The Bertz CT molecular complexity index is 888. The fourth-order valence-corrected chi connectivity index (χ4v) is 4.51. The molecule has 0 saturated carbocycles. The molecule has 0 aliphatic rings. The summed E-state index contributed by atoms with van der Waals surface area (Å²) in [6.07, 6.45) is 1.72. The number of carbonyl (C=O) groups is 1. The predicted octanol–water partition coefficient (Wildman–Crippen LogP) is 3.15. The topological polar surface area (TPSA) is 69.7 Å². The number of hydrogen-bond donors (Lipinski definition) is 1. The summed E-state index contributed by atoms with van der Waals surface area (Å²) < 4.78 is 26.4. The lowest BCUT2D eigenvalue weighted by Crippen LogP contribution is -2.30. The molecule has 0 aliphatic heterocycles. The first-order valence-corrected chi connectivity index (χ1v) is 11.4. The molecule has 2 aromatic rings. The van der Waals surface area contributed by atoms with Gasteiger partial charge in [0, 0.05) is 45.0 Å². The maximum absolute atomic E-state index is 12.5. The van der Waals surface area contributed by atoms with Gasteiger partial charge in [-0.25, -0.2) is 8.42 Å². The monoisotopic (exact) mass is 417 g/mol. The standard InChI is InChI=1S/C22H31N3O3S/c1-5-25(6-2)29(27,28)21-15-11-19(12-16-21)22(26)23-17-7-8-18-9-13-20(14-10-18)24(3)4/h9-16H,5-8,17H2,1-4H3,(H,23,26).